The number of fused-ring (bicyclic) bond motifs is 1. The van der Waals surface area contributed by atoms with E-state index in [0.717, 1.165) is 17.7 Å². The highest BCUT2D eigenvalue weighted by Gasteiger charge is 2.22. The Bertz CT molecular complexity index is 447. The van der Waals surface area contributed by atoms with Crippen LogP contribution in [0.15, 0.2) is 23.1 Å². The SMILES string of the molecule is CC(=O)N1CCc2cc(S(=O)Cl)ccc21. The van der Waals surface area contributed by atoms with Gasteiger partial charge in [-0.2, -0.15) is 0 Å². The lowest BCUT2D eigenvalue weighted by molar-refractivity contribution is -0.116. The average Bonchev–Trinajstić information content (AvgIpc) is 2.59. The predicted octanol–water partition coefficient (Wildman–Crippen LogP) is 1.86. The van der Waals surface area contributed by atoms with Crippen LogP contribution in [-0.4, -0.2) is 16.7 Å². The number of carbonyl (C=O) groups excluding carboxylic acids is 1. The maximum Gasteiger partial charge on any atom is 0.223 e. The highest BCUT2D eigenvalue weighted by molar-refractivity contribution is 8.08. The van der Waals surface area contributed by atoms with Crippen molar-refractivity contribution >= 4 is 32.3 Å². The first-order chi connectivity index (χ1) is 7.09. The summed E-state index contributed by atoms with van der Waals surface area (Å²) in [6.07, 6.45) is 0.802. The van der Waals surface area contributed by atoms with E-state index in [4.69, 9.17) is 10.7 Å². The summed E-state index contributed by atoms with van der Waals surface area (Å²) in [6.45, 7) is 2.24. The molecule has 5 heteroatoms. The third-order valence-corrected chi connectivity index (χ3v) is 3.67. The van der Waals surface area contributed by atoms with Gasteiger partial charge in [0.05, 0.1) is 4.90 Å². The first-order valence-electron chi connectivity index (χ1n) is 4.58. The lowest BCUT2D eigenvalue weighted by Gasteiger charge is -2.14. The summed E-state index contributed by atoms with van der Waals surface area (Å²) in [5, 5.41) is 0. The average molecular weight is 244 g/mol. The summed E-state index contributed by atoms with van der Waals surface area (Å²) in [5.41, 5.74) is 1.95. The van der Waals surface area contributed by atoms with Crippen molar-refractivity contribution in [1.82, 2.24) is 0 Å². The molecule has 0 bridgehead atoms. The summed E-state index contributed by atoms with van der Waals surface area (Å²) in [7, 11) is 4.02. The highest BCUT2D eigenvalue weighted by atomic mass is 35.7. The van der Waals surface area contributed by atoms with E-state index < -0.39 is 10.0 Å². The largest absolute Gasteiger partial charge is 0.312 e. The van der Waals surface area contributed by atoms with E-state index >= 15 is 0 Å². The molecule has 0 N–H and O–H groups in total. The third kappa shape index (κ3) is 1.92. The summed E-state index contributed by atoms with van der Waals surface area (Å²) in [5.74, 6) is 0.0356. The van der Waals surface area contributed by atoms with Gasteiger partial charge in [0.2, 0.25) is 5.91 Å². The fraction of sp³-hybridized carbons (Fsp3) is 0.300. The Balaban J connectivity index is 2.42. The molecule has 0 saturated heterocycles. The van der Waals surface area contributed by atoms with Crippen LogP contribution >= 0.6 is 10.7 Å². The standard InChI is InChI=1S/C10H10ClNO2S/c1-7(13)12-5-4-8-6-9(15(11)14)2-3-10(8)12/h2-3,6H,4-5H2,1H3. The molecule has 2 rings (SSSR count). The van der Waals surface area contributed by atoms with Gasteiger partial charge in [-0.25, -0.2) is 4.21 Å². The van der Waals surface area contributed by atoms with E-state index in [1.165, 1.54) is 0 Å². The van der Waals surface area contributed by atoms with E-state index in [1.54, 1.807) is 30.0 Å². The Labute approximate surface area is 95.0 Å². The normalized spacial score (nSPS) is 16.3. The van der Waals surface area contributed by atoms with Crippen LogP contribution in [0.5, 0.6) is 0 Å². The van der Waals surface area contributed by atoms with Gasteiger partial charge in [-0.3, -0.25) is 4.79 Å². The molecule has 0 radical (unpaired) electrons. The number of benzene rings is 1. The number of hydrogen-bond acceptors (Lipinski definition) is 2. The zero-order valence-corrected chi connectivity index (χ0v) is 9.77. The number of anilines is 1. The first-order valence-corrected chi connectivity index (χ1v) is 6.56. The Morgan fingerprint density at radius 2 is 2.27 bits per heavy atom. The maximum atomic E-state index is 11.3. The zero-order valence-electron chi connectivity index (χ0n) is 8.20. The molecule has 0 spiro atoms. The van der Waals surface area contributed by atoms with Gasteiger partial charge in [0.15, 0.2) is 0 Å². The molecule has 0 fully saturated rings. The van der Waals surface area contributed by atoms with Crippen LogP contribution in [0.25, 0.3) is 0 Å². The molecule has 0 aromatic heterocycles. The number of amides is 1. The molecule has 15 heavy (non-hydrogen) atoms. The molecule has 0 aliphatic carbocycles. The van der Waals surface area contributed by atoms with Crippen molar-refractivity contribution in [3.63, 3.8) is 0 Å². The molecule has 1 aliphatic rings. The Morgan fingerprint density at radius 1 is 1.53 bits per heavy atom. The van der Waals surface area contributed by atoms with E-state index in [0.29, 0.717) is 11.4 Å². The lowest BCUT2D eigenvalue weighted by Crippen LogP contribution is -2.25. The van der Waals surface area contributed by atoms with Gasteiger partial charge in [0.1, 0.15) is 10.0 Å². The van der Waals surface area contributed by atoms with Crippen molar-refractivity contribution in [2.24, 2.45) is 0 Å². The number of halogens is 1. The van der Waals surface area contributed by atoms with Crippen molar-refractivity contribution in [3.8, 4) is 0 Å². The minimum Gasteiger partial charge on any atom is -0.312 e. The van der Waals surface area contributed by atoms with Crippen LogP contribution in [0.2, 0.25) is 0 Å². The lowest BCUT2D eigenvalue weighted by atomic mass is 10.2. The molecule has 1 aromatic rings. The molecule has 1 atom stereocenters. The molecular weight excluding hydrogens is 234 g/mol. The molecule has 1 amide bonds. The Morgan fingerprint density at radius 3 is 2.87 bits per heavy atom. The Hall–Kier alpha value is -0.870. The molecule has 1 unspecified atom stereocenters. The molecular formula is C10H10ClNO2S. The number of hydrogen-bond donors (Lipinski definition) is 0. The maximum absolute atomic E-state index is 11.3. The smallest absolute Gasteiger partial charge is 0.223 e. The highest BCUT2D eigenvalue weighted by Crippen LogP contribution is 2.30. The van der Waals surface area contributed by atoms with Crippen molar-refractivity contribution < 1.29 is 9.00 Å². The summed E-state index contributed by atoms with van der Waals surface area (Å²) in [4.78, 5) is 13.6. The monoisotopic (exact) mass is 243 g/mol. The molecule has 0 saturated carbocycles. The number of nitrogens with zero attached hydrogens (tertiary/aromatic N) is 1. The third-order valence-electron chi connectivity index (χ3n) is 2.51. The first kappa shape index (κ1) is 10.6. The van der Waals surface area contributed by atoms with Crippen molar-refractivity contribution in [1.29, 1.82) is 0 Å². The second-order valence-corrected chi connectivity index (χ2v) is 5.19. The predicted molar refractivity (Wildman–Crippen MR) is 60.4 cm³/mol. The van der Waals surface area contributed by atoms with Gasteiger partial charge < -0.3 is 4.90 Å². The van der Waals surface area contributed by atoms with Crippen LogP contribution < -0.4 is 4.90 Å². The minimum atomic E-state index is -1.47. The van der Waals surface area contributed by atoms with Crippen molar-refractivity contribution in [2.45, 2.75) is 18.2 Å². The van der Waals surface area contributed by atoms with Crippen LogP contribution in [0.1, 0.15) is 12.5 Å². The summed E-state index contributed by atoms with van der Waals surface area (Å²) < 4.78 is 11.1. The van der Waals surface area contributed by atoms with Crippen LogP contribution in [0, 0.1) is 0 Å². The van der Waals surface area contributed by atoms with Crippen LogP contribution in [0.3, 0.4) is 0 Å². The van der Waals surface area contributed by atoms with Crippen molar-refractivity contribution in [2.75, 3.05) is 11.4 Å². The van der Waals surface area contributed by atoms with Gasteiger partial charge >= 0.3 is 0 Å². The fourth-order valence-corrected chi connectivity index (χ4v) is 2.50. The second kappa shape index (κ2) is 3.94. The second-order valence-electron chi connectivity index (χ2n) is 3.43. The van der Waals surface area contributed by atoms with E-state index in [-0.39, 0.29) is 5.91 Å². The van der Waals surface area contributed by atoms with E-state index in [2.05, 4.69) is 0 Å². The molecule has 1 heterocycles. The van der Waals surface area contributed by atoms with Gasteiger partial charge in [0, 0.05) is 19.2 Å². The summed E-state index contributed by atoms with van der Waals surface area (Å²) >= 11 is 0. The van der Waals surface area contributed by atoms with Gasteiger partial charge in [-0.05, 0) is 40.9 Å². The van der Waals surface area contributed by atoms with Gasteiger partial charge in [0.25, 0.3) is 0 Å². The quantitative estimate of drug-likeness (QED) is 0.706. The van der Waals surface area contributed by atoms with E-state index in [1.807, 2.05) is 0 Å². The fourth-order valence-electron chi connectivity index (χ4n) is 1.81. The zero-order chi connectivity index (χ0) is 11.0. The van der Waals surface area contributed by atoms with Crippen molar-refractivity contribution in [3.05, 3.63) is 23.8 Å². The molecule has 3 nitrogen and oxygen atoms in total. The molecule has 1 aliphatic heterocycles. The topological polar surface area (TPSA) is 37.4 Å². The Kier molecular flexibility index (Phi) is 2.80. The van der Waals surface area contributed by atoms with Gasteiger partial charge in [-0.15, -0.1) is 0 Å². The van der Waals surface area contributed by atoms with Crippen LogP contribution in [0.4, 0.5) is 5.69 Å². The minimum absolute atomic E-state index is 0.0356. The van der Waals surface area contributed by atoms with Crippen LogP contribution in [-0.2, 0) is 21.2 Å². The number of rotatable bonds is 1. The molecule has 1 aromatic carbocycles. The number of carbonyl (C=O) groups is 1. The van der Waals surface area contributed by atoms with E-state index in [9.17, 15) is 9.00 Å². The summed E-state index contributed by atoms with van der Waals surface area (Å²) in [6, 6.07) is 5.31. The van der Waals surface area contributed by atoms with Gasteiger partial charge in [-0.1, -0.05) is 0 Å². The molecule has 80 valence electrons.